The van der Waals surface area contributed by atoms with Crippen molar-refractivity contribution in [2.75, 3.05) is 0 Å². The summed E-state index contributed by atoms with van der Waals surface area (Å²) in [6, 6.07) is 1.34. The summed E-state index contributed by atoms with van der Waals surface area (Å²) >= 11 is 1.45. The fraction of sp³-hybridized carbons (Fsp3) is 0.500. The number of carbonyl (C=O) groups excluding carboxylic acids is 3. The maximum atomic E-state index is 12.7. The zero-order valence-electron chi connectivity index (χ0n) is 11.4. The molecule has 5 nitrogen and oxygen atoms in total. The van der Waals surface area contributed by atoms with Crippen LogP contribution in [0.5, 0.6) is 0 Å². The van der Waals surface area contributed by atoms with Gasteiger partial charge in [0, 0.05) is 10.9 Å². The monoisotopic (exact) mass is 292 g/mol. The van der Waals surface area contributed by atoms with Crippen LogP contribution in [0.3, 0.4) is 0 Å². The zero-order chi connectivity index (χ0) is 14.4. The Balaban J connectivity index is 1.89. The first kappa shape index (κ1) is 13.3. The molecule has 2 fully saturated rings. The summed E-state index contributed by atoms with van der Waals surface area (Å²) < 4.78 is 0. The Hall–Kier alpha value is -1.69. The van der Waals surface area contributed by atoms with E-state index < -0.39 is 6.04 Å². The summed E-state index contributed by atoms with van der Waals surface area (Å²) in [6.45, 7) is 3.94. The number of amides is 3. The van der Waals surface area contributed by atoms with Gasteiger partial charge in [-0.05, 0) is 38.3 Å². The van der Waals surface area contributed by atoms with Crippen molar-refractivity contribution in [3.63, 3.8) is 0 Å². The molecule has 1 aliphatic heterocycles. The minimum Gasteiger partial charge on any atom is -0.322 e. The van der Waals surface area contributed by atoms with E-state index in [1.165, 1.54) is 11.3 Å². The molecule has 1 aromatic heterocycles. The highest BCUT2D eigenvalue weighted by Gasteiger charge is 2.45. The Bertz CT molecular complexity index is 584. The topological polar surface area (TPSA) is 66.5 Å². The number of nitrogens with zero attached hydrogens (tertiary/aromatic N) is 1. The van der Waals surface area contributed by atoms with Crippen molar-refractivity contribution in [1.29, 1.82) is 0 Å². The Morgan fingerprint density at radius 3 is 2.50 bits per heavy atom. The summed E-state index contributed by atoms with van der Waals surface area (Å²) in [5, 5.41) is 2.28. The van der Waals surface area contributed by atoms with Gasteiger partial charge >= 0.3 is 0 Å². The molecule has 2 heterocycles. The van der Waals surface area contributed by atoms with Crippen molar-refractivity contribution in [3.8, 4) is 0 Å². The molecule has 3 amide bonds. The molecule has 1 saturated heterocycles. The van der Waals surface area contributed by atoms with Crippen molar-refractivity contribution in [2.45, 2.75) is 45.2 Å². The smallest absolute Gasteiger partial charge is 0.264 e. The van der Waals surface area contributed by atoms with Crippen molar-refractivity contribution in [2.24, 2.45) is 0 Å². The van der Waals surface area contributed by atoms with E-state index in [1.807, 2.05) is 19.9 Å². The Morgan fingerprint density at radius 2 is 2.05 bits per heavy atom. The molecule has 2 aliphatic rings. The van der Waals surface area contributed by atoms with Crippen molar-refractivity contribution >= 4 is 29.1 Å². The second-order valence-corrected chi connectivity index (χ2v) is 6.68. The number of thiophene rings is 1. The average molecular weight is 292 g/mol. The van der Waals surface area contributed by atoms with Crippen LogP contribution in [0, 0.1) is 13.8 Å². The van der Waals surface area contributed by atoms with Gasteiger partial charge in [0.2, 0.25) is 11.8 Å². The van der Waals surface area contributed by atoms with Crippen LogP contribution in [-0.2, 0) is 9.59 Å². The van der Waals surface area contributed by atoms with Crippen LogP contribution >= 0.6 is 11.3 Å². The normalized spacial score (nSPS) is 22.0. The molecule has 1 atom stereocenters. The molecule has 0 radical (unpaired) electrons. The van der Waals surface area contributed by atoms with Crippen LogP contribution in [0.4, 0.5) is 0 Å². The number of nitrogens with one attached hydrogen (secondary N) is 1. The van der Waals surface area contributed by atoms with Crippen molar-refractivity contribution < 1.29 is 14.4 Å². The molecule has 0 spiro atoms. The summed E-state index contributed by atoms with van der Waals surface area (Å²) in [7, 11) is 0. The molecule has 1 unspecified atom stereocenters. The molecule has 1 saturated carbocycles. The van der Waals surface area contributed by atoms with Crippen LogP contribution < -0.4 is 5.32 Å². The fourth-order valence-corrected chi connectivity index (χ4v) is 3.46. The molecule has 20 heavy (non-hydrogen) atoms. The predicted molar refractivity (Wildman–Crippen MR) is 74.5 cm³/mol. The van der Waals surface area contributed by atoms with E-state index in [4.69, 9.17) is 0 Å². The highest BCUT2D eigenvalue weighted by Crippen LogP contribution is 2.33. The molecule has 106 valence electrons. The van der Waals surface area contributed by atoms with E-state index >= 15 is 0 Å². The first-order chi connectivity index (χ1) is 9.47. The van der Waals surface area contributed by atoms with Gasteiger partial charge in [-0.15, -0.1) is 11.3 Å². The fourth-order valence-electron chi connectivity index (χ4n) is 2.49. The Labute approximate surface area is 121 Å². The molecule has 1 aromatic rings. The van der Waals surface area contributed by atoms with Crippen molar-refractivity contribution in [3.05, 3.63) is 21.4 Å². The van der Waals surface area contributed by atoms with Crippen LogP contribution in [0.15, 0.2) is 6.07 Å². The second-order valence-electron chi connectivity index (χ2n) is 5.43. The van der Waals surface area contributed by atoms with Gasteiger partial charge in [0.25, 0.3) is 5.91 Å². The van der Waals surface area contributed by atoms with Gasteiger partial charge in [-0.3, -0.25) is 19.7 Å². The highest BCUT2D eigenvalue weighted by atomic mass is 32.1. The molecule has 0 aromatic carbocycles. The van der Waals surface area contributed by atoms with Gasteiger partial charge < -0.3 is 4.90 Å². The maximum Gasteiger partial charge on any atom is 0.264 e. The minimum atomic E-state index is -0.634. The quantitative estimate of drug-likeness (QED) is 0.856. The van der Waals surface area contributed by atoms with E-state index in [0.717, 1.165) is 23.3 Å². The van der Waals surface area contributed by atoms with Crippen LogP contribution in [-0.4, -0.2) is 34.7 Å². The predicted octanol–water partition coefficient (Wildman–Crippen LogP) is 1.38. The third kappa shape index (κ3) is 2.24. The lowest BCUT2D eigenvalue weighted by Gasteiger charge is -2.26. The van der Waals surface area contributed by atoms with Gasteiger partial charge in [-0.25, -0.2) is 0 Å². The lowest BCUT2D eigenvalue weighted by molar-refractivity contribution is -0.126. The summed E-state index contributed by atoms with van der Waals surface area (Å²) in [5.41, 5.74) is 1.08. The van der Waals surface area contributed by atoms with Crippen LogP contribution in [0.1, 0.15) is 39.4 Å². The SMILES string of the molecule is Cc1cc(C(=O)N(C2CC2)C2CC(=O)NC2=O)sc1C. The molecule has 1 aliphatic carbocycles. The van der Waals surface area contributed by atoms with E-state index in [1.54, 1.807) is 4.90 Å². The number of hydrogen-bond donors (Lipinski definition) is 1. The molecule has 0 bridgehead atoms. The highest BCUT2D eigenvalue weighted by molar-refractivity contribution is 7.14. The first-order valence-electron chi connectivity index (χ1n) is 6.70. The zero-order valence-corrected chi connectivity index (χ0v) is 12.3. The minimum absolute atomic E-state index is 0.0877. The van der Waals surface area contributed by atoms with Crippen LogP contribution in [0.25, 0.3) is 0 Å². The third-order valence-corrected chi connectivity index (χ3v) is 4.97. The number of imide groups is 1. The van der Waals surface area contributed by atoms with Gasteiger partial charge in [0.05, 0.1) is 11.3 Å². The van der Waals surface area contributed by atoms with E-state index in [2.05, 4.69) is 5.32 Å². The average Bonchev–Trinajstić information content (AvgIpc) is 3.08. The Kier molecular flexibility index (Phi) is 3.12. The van der Waals surface area contributed by atoms with Gasteiger partial charge in [0.1, 0.15) is 6.04 Å². The summed E-state index contributed by atoms with van der Waals surface area (Å²) in [6.07, 6.45) is 1.91. The van der Waals surface area contributed by atoms with Crippen molar-refractivity contribution in [1.82, 2.24) is 10.2 Å². The van der Waals surface area contributed by atoms with Gasteiger partial charge in [-0.1, -0.05) is 0 Å². The number of aryl methyl sites for hydroxylation is 2. The maximum absolute atomic E-state index is 12.7. The first-order valence-corrected chi connectivity index (χ1v) is 7.52. The number of rotatable bonds is 3. The summed E-state index contributed by atoms with van der Waals surface area (Å²) in [5.74, 6) is -0.763. The molecule has 3 rings (SSSR count). The molecule has 6 heteroatoms. The lowest BCUT2D eigenvalue weighted by Crippen LogP contribution is -2.45. The van der Waals surface area contributed by atoms with Crippen LogP contribution in [0.2, 0.25) is 0 Å². The Morgan fingerprint density at radius 1 is 1.35 bits per heavy atom. The van der Waals surface area contributed by atoms with Gasteiger partial charge in [0.15, 0.2) is 0 Å². The lowest BCUT2D eigenvalue weighted by atomic mass is 10.2. The third-order valence-electron chi connectivity index (χ3n) is 3.83. The number of hydrogen-bond acceptors (Lipinski definition) is 4. The molecular weight excluding hydrogens is 276 g/mol. The van der Waals surface area contributed by atoms with E-state index in [9.17, 15) is 14.4 Å². The van der Waals surface area contributed by atoms with E-state index in [-0.39, 0.29) is 30.2 Å². The van der Waals surface area contributed by atoms with E-state index in [0.29, 0.717) is 4.88 Å². The summed E-state index contributed by atoms with van der Waals surface area (Å²) in [4.78, 5) is 39.3. The second kappa shape index (κ2) is 4.70. The standard InChI is InChI=1S/C14H16N2O3S/c1-7-5-11(20-8(7)2)14(19)16(9-3-4-9)10-6-12(17)15-13(10)18/h5,9-10H,3-4,6H2,1-2H3,(H,15,17,18). The largest absolute Gasteiger partial charge is 0.322 e. The van der Waals surface area contributed by atoms with Gasteiger partial charge in [-0.2, -0.15) is 0 Å². The molecule has 1 N–H and O–H groups in total. The molecular formula is C14H16N2O3S. The number of carbonyl (C=O) groups is 3.